The van der Waals surface area contributed by atoms with Crippen LogP contribution in [0.25, 0.3) is 11.3 Å². The highest BCUT2D eigenvalue weighted by Gasteiger charge is 2.35. The van der Waals surface area contributed by atoms with Crippen molar-refractivity contribution in [3.63, 3.8) is 0 Å². The molecule has 5 heteroatoms. The van der Waals surface area contributed by atoms with Gasteiger partial charge >= 0.3 is 0 Å². The van der Waals surface area contributed by atoms with E-state index >= 15 is 0 Å². The van der Waals surface area contributed by atoms with E-state index in [2.05, 4.69) is 27.0 Å². The summed E-state index contributed by atoms with van der Waals surface area (Å²) < 4.78 is 0. The van der Waals surface area contributed by atoms with Crippen molar-refractivity contribution in [2.75, 3.05) is 13.1 Å². The summed E-state index contributed by atoms with van der Waals surface area (Å²) in [4.78, 5) is 16.3. The minimum Gasteiger partial charge on any atom is -0.358 e. The zero-order chi connectivity index (χ0) is 17.5. The normalized spacial score (nSPS) is 16.2. The summed E-state index contributed by atoms with van der Waals surface area (Å²) in [5.41, 5.74) is 5.43. The van der Waals surface area contributed by atoms with Gasteiger partial charge in [0.25, 0.3) is 0 Å². The lowest BCUT2D eigenvalue weighted by Crippen LogP contribution is -2.49. The number of rotatable bonds is 2. The van der Waals surface area contributed by atoms with Gasteiger partial charge in [-0.3, -0.25) is 9.97 Å². The van der Waals surface area contributed by atoms with E-state index in [1.807, 2.05) is 36.4 Å². The number of nitrogens with zero attached hydrogens (tertiary/aromatic N) is 4. The van der Waals surface area contributed by atoms with Crippen molar-refractivity contribution in [1.82, 2.24) is 14.9 Å². The number of benzene rings is 2. The van der Waals surface area contributed by atoms with E-state index in [0.29, 0.717) is 5.92 Å². The van der Waals surface area contributed by atoms with Crippen LogP contribution in [0.4, 0.5) is 5.69 Å². The molecule has 5 rings (SSSR count). The fourth-order valence-corrected chi connectivity index (χ4v) is 3.86. The van der Waals surface area contributed by atoms with Crippen molar-refractivity contribution >= 4 is 23.1 Å². The highest BCUT2D eigenvalue weighted by molar-refractivity contribution is 6.30. The molecule has 2 aliphatic rings. The highest BCUT2D eigenvalue weighted by atomic mass is 35.5. The third kappa shape index (κ3) is 2.67. The summed E-state index contributed by atoms with van der Waals surface area (Å²) in [6.45, 7) is 1.86. The second-order valence-electron chi connectivity index (χ2n) is 6.74. The number of hydrogen-bond donors (Lipinski definition) is 0. The molecule has 3 heterocycles. The van der Waals surface area contributed by atoms with Crippen LogP contribution in [0.5, 0.6) is 0 Å². The van der Waals surface area contributed by atoms with Gasteiger partial charge in [0.1, 0.15) is 5.84 Å². The Morgan fingerprint density at radius 2 is 1.77 bits per heavy atom. The maximum atomic E-state index is 6.10. The minimum absolute atomic E-state index is 0.383. The third-order valence-electron chi connectivity index (χ3n) is 5.05. The molecule has 3 aromatic rings. The summed E-state index contributed by atoms with van der Waals surface area (Å²) in [7, 11) is 0. The summed E-state index contributed by atoms with van der Waals surface area (Å²) in [6, 6.07) is 16.2. The number of likely N-dealkylation sites (tertiary alicyclic amines) is 1. The SMILES string of the molecule is Clc1ccc2c(c1)CC(N1CC(c3nccnc3-c3ccccc3)C1)=N2. The average Bonchev–Trinajstić information content (AvgIpc) is 3.04. The molecule has 128 valence electrons. The van der Waals surface area contributed by atoms with E-state index in [-0.39, 0.29) is 0 Å². The lowest BCUT2D eigenvalue weighted by atomic mass is 9.92. The van der Waals surface area contributed by atoms with Crippen molar-refractivity contribution in [3.8, 4) is 11.3 Å². The van der Waals surface area contributed by atoms with Crippen LogP contribution in [0.2, 0.25) is 5.02 Å². The molecule has 0 aliphatic carbocycles. The predicted octanol–water partition coefficient (Wildman–Crippen LogP) is 4.48. The standard InChI is InChI=1S/C21H17ClN4/c22-17-6-7-18-15(10-17)11-19(25-18)26-12-16(13-26)21-20(23-8-9-24-21)14-4-2-1-3-5-14/h1-10,16H,11-13H2. The van der Waals surface area contributed by atoms with Crippen molar-refractivity contribution < 1.29 is 0 Å². The van der Waals surface area contributed by atoms with Crippen LogP contribution in [-0.2, 0) is 6.42 Å². The maximum Gasteiger partial charge on any atom is 0.109 e. The highest BCUT2D eigenvalue weighted by Crippen LogP contribution is 2.36. The molecule has 2 aromatic carbocycles. The molecular weight excluding hydrogens is 344 g/mol. The van der Waals surface area contributed by atoms with Gasteiger partial charge in [-0.25, -0.2) is 4.99 Å². The van der Waals surface area contributed by atoms with Crippen molar-refractivity contribution in [2.45, 2.75) is 12.3 Å². The predicted molar refractivity (Wildman–Crippen MR) is 104 cm³/mol. The largest absolute Gasteiger partial charge is 0.358 e. The van der Waals surface area contributed by atoms with Crippen molar-refractivity contribution in [3.05, 3.63) is 77.2 Å². The van der Waals surface area contributed by atoms with Crippen LogP contribution in [0.15, 0.2) is 65.9 Å². The lowest BCUT2D eigenvalue weighted by Gasteiger charge is -2.40. The Morgan fingerprint density at radius 3 is 2.62 bits per heavy atom. The van der Waals surface area contributed by atoms with E-state index in [4.69, 9.17) is 16.6 Å². The molecule has 0 atom stereocenters. The number of aliphatic imine (C=N–C) groups is 1. The molecule has 26 heavy (non-hydrogen) atoms. The number of hydrogen-bond acceptors (Lipinski definition) is 4. The van der Waals surface area contributed by atoms with Crippen LogP contribution < -0.4 is 0 Å². The monoisotopic (exact) mass is 360 g/mol. The van der Waals surface area contributed by atoms with Crippen LogP contribution >= 0.6 is 11.6 Å². The van der Waals surface area contributed by atoms with Gasteiger partial charge in [-0.05, 0) is 23.8 Å². The average molecular weight is 361 g/mol. The van der Waals surface area contributed by atoms with Crippen molar-refractivity contribution in [2.24, 2.45) is 4.99 Å². The molecule has 0 N–H and O–H groups in total. The van der Waals surface area contributed by atoms with E-state index < -0.39 is 0 Å². The molecule has 0 bridgehead atoms. The van der Waals surface area contributed by atoms with Gasteiger partial charge in [-0.15, -0.1) is 0 Å². The fraction of sp³-hybridized carbons (Fsp3) is 0.190. The molecule has 1 saturated heterocycles. The van der Waals surface area contributed by atoms with Gasteiger partial charge in [0.2, 0.25) is 0 Å². The Balaban J connectivity index is 1.34. The molecule has 2 aliphatic heterocycles. The van der Waals surface area contributed by atoms with Gasteiger partial charge in [-0.2, -0.15) is 0 Å². The summed E-state index contributed by atoms with van der Waals surface area (Å²) in [6.07, 6.45) is 4.41. The second kappa shape index (κ2) is 6.22. The smallest absolute Gasteiger partial charge is 0.109 e. The first-order valence-electron chi connectivity index (χ1n) is 8.75. The van der Waals surface area contributed by atoms with Gasteiger partial charge in [-0.1, -0.05) is 41.9 Å². The number of aromatic nitrogens is 2. The van der Waals surface area contributed by atoms with Crippen LogP contribution in [-0.4, -0.2) is 33.8 Å². The molecular formula is C21H17ClN4. The van der Waals surface area contributed by atoms with Crippen LogP contribution in [0, 0.1) is 0 Å². The second-order valence-corrected chi connectivity index (χ2v) is 7.17. The Bertz CT molecular complexity index is 994. The van der Waals surface area contributed by atoms with Gasteiger partial charge in [0.15, 0.2) is 0 Å². The maximum absolute atomic E-state index is 6.10. The Kier molecular flexibility index (Phi) is 3.71. The summed E-state index contributed by atoms with van der Waals surface area (Å²) in [5.74, 6) is 1.51. The van der Waals surface area contributed by atoms with Crippen LogP contribution in [0.1, 0.15) is 17.2 Å². The molecule has 0 amide bonds. The number of amidine groups is 1. The van der Waals surface area contributed by atoms with Gasteiger partial charge in [0, 0.05) is 48.4 Å². The van der Waals surface area contributed by atoms with Gasteiger partial charge < -0.3 is 4.90 Å². The van der Waals surface area contributed by atoms with E-state index in [1.165, 1.54) is 5.56 Å². The zero-order valence-corrected chi connectivity index (χ0v) is 14.9. The van der Waals surface area contributed by atoms with E-state index in [9.17, 15) is 0 Å². The van der Waals surface area contributed by atoms with Gasteiger partial charge in [0.05, 0.1) is 17.1 Å². The molecule has 4 nitrogen and oxygen atoms in total. The molecule has 0 spiro atoms. The fourth-order valence-electron chi connectivity index (χ4n) is 3.66. The Morgan fingerprint density at radius 1 is 0.962 bits per heavy atom. The molecule has 1 aromatic heterocycles. The number of fused-ring (bicyclic) bond motifs is 1. The minimum atomic E-state index is 0.383. The first-order valence-corrected chi connectivity index (χ1v) is 9.13. The first-order chi connectivity index (χ1) is 12.8. The van der Waals surface area contributed by atoms with E-state index in [0.717, 1.165) is 53.0 Å². The zero-order valence-electron chi connectivity index (χ0n) is 14.1. The number of halogens is 1. The molecule has 1 fully saturated rings. The first kappa shape index (κ1) is 15.5. The molecule has 0 unspecified atom stereocenters. The van der Waals surface area contributed by atoms with E-state index in [1.54, 1.807) is 12.4 Å². The Labute approximate surface area is 157 Å². The van der Waals surface area contributed by atoms with Crippen LogP contribution in [0.3, 0.4) is 0 Å². The summed E-state index contributed by atoms with van der Waals surface area (Å²) in [5, 5.41) is 0.772. The lowest BCUT2D eigenvalue weighted by molar-refractivity contribution is 0.246. The quantitative estimate of drug-likeness (QED) is 0.676. The van der Waals surface area contributed by atoms with Crippen molar-refractivity contribution in [1.29, 1.82) is 0 Å². The Hall–Kier alpha value is -2.72. The molecule has 0 saturated carbocycles. The molecule has 0 radical (unpaired) electrons. The summed E-state index contributed by atoms with van der Waals surface area (Å²) >= 11 is 6.10. The third-order valence-corrected chi connectivity index (χ3v) is 5.28. The topological polar surface area (TPSA) is 41.4 Å².